The minimum Gasteiger partial charge on any atom is -0.467 e. The summed E-state index contributed by atoms with van der Waals surface area (Å²) >= 11 is 0. The standard InChI is InChI=1S/C15H20O9/c1-6-20-12(18)15-8(16)7-9(22-13(2,3)21-7)14(4,24-15)23-10(15)11(17)19-5/h7,9-10H,6H2,1-5H3. The molecule has 9 heteroatoms. The van der Waals surface area contributed by atoms with Crippen LogP contribution >= 0.6 is 0 Å². The first kappa shape index (κ1) is 17.3. The van der Waals surface area contributed by atoms with Crippen molar-refractivity contribution < 1.29 is 42.8 Å². The van der Waals surface area contributed by atoms with Crippen molar-refractivity contribution in [3.05, 3.63) is 0 Å². The number of carbonyl (C=O) groups excluding carboxylic acids is 3. The third kappa shape index (κ3) is 2.12. The van der Waals surface area contributed by atoms with Crippen LogP contribution in [0.4, 0.5) is 0 Å². The quantitative estimate of drug-likeness (QED) is 0.503. The number of fused-ring (bicyclic) bond motifs is 4. The van der Waals surface area contributed by atoms with Crippen LogP contribution in [0.3, 0.4) is 0 Å². The van der Waals surface area contributed by atoms with Crippen LogP contribution in [-0.2, 0) is 42.8 Å². The summed E-state index contributed by atoms with van der Waals surface area (Å²) in [6.07, 6.45) is -3.66. The van der Waals surface area contributed by atoms with Gasteiger partial charge in [-0.2, -0.15) is 0 Å². The second-order valence-electron chi connectivity index (χ2n) is 6.44. The summed E-state index contributed by atoms with van der Waals surface area (Å²) in [5.41, 5.74) is -2.28. The number of ether oxygens (including phenoxy) is 6. The molecule has 0 spiro atoms. The molecule has 0 aromatic heterocycles. The summed E-state index contributed by atoms with van der Waals surface area (Å²) in [7, 11) is 1.12. The van der Waals surface area contributed by atoms with Crippen LogP contribution in [0.1, 0.15) is 27.7 Å². The van der Waals surface area contributed by atoms with Crippen molar-refractivity contribution in [1.29, 1.82) is 0 Å². The predicted octanol–water partition coefficient (Wildman–Crippen LogP) is -0.304. The minimum atomic E-state index is -2.28. The fraction of sp³-hybridized carbons (Fsp3) is 0.800. The van der Waals surface area contributed by atoms with Gasteiger partial charge in [0.2, 0.25) is 11.9 Å². The van der Waals surface area contributed by atoms with Crippen LogP contribution < -0.4 is 0 Å². The van der Waals surface area contributed by atoms with Crippen LogP contribution in [0.15, 0.2) is 0 Å². The van der Waals surface area contributed by atoms with Crippen molar-refractivity contribution in [1.82, 2.24) is 0 Å². The molecule has 0 N–H and O–H groups in total. The molecule has 0 aliphatic carbocycles. The SMILES string of the molecule is CCOC(=O)C12OC(C)(OC1C(=O)OC)C1OC(C)(C)OC1C2=O. The monoisotopic (exact) mass is 344 g/mol. The molecule has 0 aromatic carbocycles. The number of esters is 2. The van der Waals surface area contributed by atoms with Gasteiger partial charge in [0.15, 0.2) is 17.7 Å². The normalized spacial score (nSPS) is 42.5. The lowest BCUT2D eigenvalue weighted by atomic mass is 9.84. The molecule has 3 fully saturated rings. The van der Waals surface area contributed by atoms with E-state index in [-0.39, 0.29) is 6.61 Å². The second kappa shape index (κ2) is 5.22. The molecule has 3 rings (SSSR count). The van der Waals surface area contributed by atoms with E-state index in [4.69, 9.17) is 23.7 Å². The zero-order chi connectivity index (χ0) is 17.9. The maximum Gasteiger partial charge on any atom is 0.349 e. The van der Waals surface area contributed by atoms with E-state index in [1.165, 1.54) is 6.92 Å². The highest BCUT2D eigenvalue weighted by Crippen LogP contribution is 2.52. The van der Waals surface area contributed by atoms with E-state index in [1.54, 1.807) is 20.8 Å². The van der Waals surface area contributed by atoms with Crippen molar-refractivity contribution in [3.63, 3.8) is 0 Å². The largest absolute Gasteiger partial charge is 0.467 e. The predicted molar refractivity (Wildman–Crippen MR) is 74.6 cm³/mol. The highest BCUT2D eigenvalue weighted by molar-refractivity contribution is 6.14. The van der Waals surface area contributed by atoms with Gasteiger partial charge in [-0.05, 0) is 27.7 Å². The number of methoxy groups -OCH3 is 1. The molecule has 134 valence electrons. The number of rotatable bonds is 3. The number of carbonyl (C=O) groups is 3. The smallest absolute Gasteiger partial charge is 0.349 e. The number of hydrogen-bond donors (Lipinski definition) is 0. The van der Waals surface area contributed by atoms with E-state index in [1.807, 2.05) is 0 Å². The first-order valence-corrected chi connectivity index (χ1v) is 7.64. The van der Waals surface area contributed by atoms with E-state index >= 15 is 0 Å². The molecular formula is C15H20O9. The fourth-order valence-corrected chi connectivity index (χ4v) is 3.37. The Morgan fingerprint density at radius 3 is 2.42 bits per heavy atom. The maximum atomic E-state index is 13.0. The Kier molecular flexibility index (Phi) is 3.76. The van der Waals surface area contributed by atoms with Crippen LogP contribution in [0.2, 0.25) is 0 Å². The molecule has 3 heterocycles. The van der Waals surface area contributed by atoms with Crippen molar-refractivity contribution in [2.75, 3.05) is 13.7 Å². The van der Waals surface area contributed by atoms with Gasteiger partial charge < -0.3 is 28.4 Å². The number of ketones is 1. The molecular weight excluding hydrogens is 324 g/mol. The van der Waals surface area contributed by atoms with Crippen molar-refractivity contribution >= 4 is 17.7 Å². The van der Waals surface area contributed by atoms with E-state index in [0.29, 0.717) is 0 Å². The van der Waals surface area contributed by atoms with Gasteiger partial charge in [0.1, 0.15) is 6.10 Å². The van der Waals surface area contributed by atoms with Gasteiger partial charge >= 0.3 is 11.9 Å². The number of Topliss-reactive ketones (excluding diaryl/α,β-unsaturated/α-hetero) is 1. The Bertz CT molecular complexity index is 600. The summed E-state index contributed by atoms with van der Waals surface area (Å²) in [6, 6.07) is 0. The summed E-state index contributed by atoms with van der Waals surface area (Å²) in [5, 5.41) is 0. The molecule has 3 aliphatic rings. The fourth-order valence-electron chi connectivity index (χ4n) is 3.37. The summed E-state index contributed by atoms with van der Waals surface area (Å²) in [4.78, 5) is 37.7. The third-order valence-electron chi connectivity index (χ3n) is 4.32. The van der Waals surface area contributed by atoms with Crippen LogP contribution in [-0.4, -0.2) is 66.9 Å². The number of hydrogen-bond acceptors (Lipinski definition) is 9. The minimum absolute atomic E-state index is 0.00121. The first-order chi connectivity index (χ1) is 11.1. The Morgan fingerprint density at radius 1 is 1.17 bits per heavy atom. The molecule has 9 nitrogen and oxygen atoms in total. The van der Waals surface area contributed by atoms with Gasteiger partial charge in [-0.15, -0.1) is 0 Å². The van der Waals surface area contributed by atoms with Gasteiger partial charge in [0, 0.05) is 0 Å². The third-order valence-corrected chi connectivity index (χ3v) is 4.32. The van der Waals surface area contributed by atoms with Crippen molar-refractivity contribution in [2.45, 2.75) is 63.2 Å². The molecule has 0 aromatic rings. The van der Waals surface area contributed by atoms with Gasteiger partial charge in [-0.25, -0.2) is 9.59 Å². The lowest BCUT2D eigenvalue weighted by molar-refractivity contribution is -0.260. The summed E-state index contributed by atoms with van der Waals surface area (Å²) < 4.78 is 32.3. The zero-order valence-corrected chi connectivity index (χ0v) is 14.1. The molecule has 3 aliphatic heterocycles. The van der Waals surface area contributed by atoms with Crippen LogP contribution in [0.25, 0.3) is 0 Å². The van der Waals surface area contributed by atoms with Crippen LogP contribution in [0, 0.1) is 0 Å². The van der Waals surface area contributed by atoms with Crippen molar-refractivity contribution in [3.8, 4) is 0 Å². The zero-order valence-electron chi connectivity index (χ0n) is 14.1. The molecule has 5 unspecified atom stereocenters. The lowest BCUT2D eigenvalue weighted by Gasteiger charge is -2.38. The van der Waals surface area contributed by atoms with Gasteiger partial charge in [-0.1, -0.05) is 0 Å². The highest BCUT2D eigenvalue weighted by Gasteiger charge is 2.78. The average molecular weight is 344 g/mol. The summed E-state index contributed by atoms with van der Waals surface area (Å²) in [6.45, 7) is 6.32. The average Bonchev–Trinajstić information content (AvgIpc) is 3.00. The van der Waals surface area contributed by atoms with Gasteiger partial charge in [-0.3, -0.25) is 4.79 Å². The van der Waals surface area contributed by atoms with E-state index in [0.717, 1.165) is 7.11 Å². The van der Waals surface area contributed by atoms with Gasteiger partial charge in [0.25, 0.3) is 5.60 Å². The second-order valence-corrected chi connectivity index (χ2v) is 6.44. The highest BCUT2D eigenvalue weighted by atomic mass is 16.8. The summed E-state index contributed by atoms with van der Waals surface area (Å²) in [5.74, 6) is -5.32. The first-order valence-electron chi connectivity index (χ1n) is 7.64. The Balaban J connectivity index is 2.10. The maximum absolute atomic E-state index is 13.0. The molecule has 3 saturated heterocycles. The Morgan fingerprint density at radius 2 is 1.83 bits per heavy atom. The van der Waals surface area contributed by atoms with E-state index < -0.39 is 53.2 Å². The van der Waals surface area contributed by atoms with Crippen molar-refractivity contribution in [2.24, 2.45) is 0 Å². The molecule has 5 atom stereocenters. The lowest BCUT2D eigenvalue weighted by Crippen LogP contribution is -2.67. The Hall–Kier alpha value is -1.55. The molecule has 0 radical (unpaired) electrons. The molecule has 0 saturated carbocycles. The Labute approximate surface area is 138 Å². The van der Waals surface area contributed by atoms with Gasteiger partial charge in [0.05, 0.1) is 13.7 Å². The molecule has 0 amide bonds. The van der Waals surface area contributed by atoms with E-state index in [9.17, 15) is 14.4 Å². The topological polar surface area (TPSA) is 107 Å². The van der Waals surface area contributed by atoms with E-state index in [2.05, 4.69) is 4.74 Å². The molecule has 24 heavy (non-hydrogen) atoms. The van der Waals surface area contributed by atoms with Crippen LogP contribution in [0.5, 0.6) is 0 Å². The molecule has 2 bridgehead atoms.